The van der Waals surface area contributed by atoms with Gasteiger partial charge < -0.3 is 11.1 Å². The van der Waals surface area contributed by atoms with Gasteiger partial charge >= 0.3 is 0 Å². The van der Waals surface area contributed by atoms with Crippen molar-refractivity contribution in [1.82, 2.24) is 5.32 Å². The van der Waals surface area contributed by atoms with Crippen molar-refractivity contribution in [2.75, 3.05) is 6.54 Å². The zero-order valence-electron chi connectivity index (χ0n) is 6.30. The number of hydrogen-bond acceptors (Lipinski definition) is 2. The van der Waals surface area contributed by atoms with Crippen LogP contribution in [0, 0.1) is 0 Å². The van der Waals surface area contributed by atoms with Gasteiger partial charge in [-0.25, -0.2) is 0 Å². The highest BCUT2D eigenvalue weighted by Gasteiger charge is 1.84. The molecule has 0 aromatic carbocycles. The topological polar surface area (TPSA) is 38.0 Å². The molecule has 0 unspecified atom stereocenters. The Morgan fingerprint density at radius 1 is 1.70 bits per heavy atom. The third kappa shape index (κ3) is 3.78. The molecule has 0 saturated carbocycles. The Kier molecular flexibility index (Phi) is 5.25. The molecule has 0 aromatic heterocycles. The van der Waals surface area contributed by atoms with Crippen molar-refractivity contribution in [3.8, 4) is 0 Å². The molecule has 2 heteroatoms. The van der Waals surface area contributed by atoms with E-state index in [4.69, 9.17) is 5.73 Å². The molecule has 0 heterocycles. The van der Waals surface area contributed by atoms with Crippen LogP contribution in [-0.4, -0.2) is 6.54 Å². The highest BCUT2D eigenvalue weighted by atomic mass is 14.8. The summed E-state index contributed by atoms with van der Waals surface area (Å²) in [4.78, 5) is 0. The van der Waals surface area contributed by atoms with E-state index in [9.17, 15) is 0 Å². The lowest BCUT2D eigenvalue weighted by atomic mass is 10.2. The minimum atomic E-state index is 0.785. The molecule has 0 aromatic rings. The first-order valence-corrected chi connectivity index (χ1v) is 3.23. The van der Waals surface area contributed by atoms with Crippen molar-refractivity contribution in [3.63, 3.8) is 0 Å². The minimum absolute atomic E-state index is 0.785. The molecule has 10 heavy (non-hydrogen) atoms. The van der Waals surface area contributed by atoms with Crippen molar-refractivity contribution < 1.29 is 0 Å². The highest BCUT2D eigenvalue weighted by molar-refractivity contribution is 5.18. The van der Waals surface area contributed by atoms with Crippen LogP contribution in [0.1, 0.15) is 6.92 Å². The first-order valence-electron chi connectivity index (χ1n) is 3.23. The van der Waals surface area contributed by atoms with Crippen LogP contribution in [0.4, 0.5) is 0 Å². The zero-order chi connectivity index (χ0) is 7.82. The van der Waals surface area contributed by atoms with E-state index in [1.165, 1.54) is 6.20 Å². The van der Waals surface area contributed by atoms with Crippen molar-refractivity contribution in [3.05, 3.63) is 36.7 Å². The molecule has 0 spiro atoms. The molecule has 0 atom stereocenters. The number of nitrogens with one attached hydrogen (secondary N) is 1. The summed E-state index contributed by atoms with van der Waals surface area (Å²) >= 11 is 0. The Bertz CT molecular complexity index is 145. The fourth-order valence-electron chi connectivity index (χ4n) is 0.571. The lowest BCUT2D eigenvalue weighted by Crippen LogP contribution is -2.07. The molecule has 0 aliphatic carbocycles. The van der Waals surface area contributed by atoms with Crippen molar-refractivity contribution in [2.45, 2.75) is 6.92 Å². The normalized spacial score (nSPS) is 11.9. The number of allylic oxidation sites excluding steroid dienone is 1. The van der Waals surface area contributed by atoms with Gasteiger partial charge in [-0.3, -0.25) is 0 Å². The van der Waals surface area contributed by atoms with Gasteiger partial charge in [-0.1, -0.05) is 12.7 Å². The van der Waals surface area contributed by atoms with E-state index in [2.05, 4.69) is 11.9 Å². The Labute approximate surface area is 62.1 Å². The highest BCUT2D eigenvalue weighted by Crippen LogP contribution is 1.92. The summed E-state index contributed by atoms with van der Waals surface area (Å²) in [6, 6.07) is 0. The van der Waals surface area contributed by atoms with E-state index in [1.54, 1.807) is 6.20 Å². The van der Waals surface area contributed by atoms with E-state index < -0.39 is 0 Å². The second-order valence-electron chi connectivity index (χ2n) is 1.81. The predicted octanol–water partition coefficient (Wildman–Crippen LogP) is 1.14. The van der Waals surface area contributed by atoms with Crippen LogP contribution < -0.4 is 11.1 Å². The molecule has 0 fully saturated rings. The number of hydrogen-bond donors (Lipinski definition) is 2. The average Bonchev–Trinajstić information content (AvgIpc) is 1.98. The molecule has 3 N–H and O–H groups in total. The summed E-state index contributed by atoms with van der Waals surface area (Å²) in [6.07, 6.45) is 7.05. The monoisotopic (exact) mass is 138 g/mol. The standard InChI is InChI=1S/C8H14N2/c1-3-8(5-6-9)7-10-4-2/h3-6,10H,2,7,9H2,1H3/b6-5-,8-3+. The van der Waals surface area contributed by atoms with Gasteiger partial charge in [0.15, 0.2) is 0 Å². The van der Waals surface area contributed by atoms with Gasteiger partial charge in [-0.2, -0.15) is 0 Å². The summed E-state index contributed by atoms with van der Waals surface area (Å²) in [5.74, 6) is 0. The Morgan fingerprint density at radius 2 is 2.40 bits per heavy atom. The fourth-order valence-corrected chi connectivity index (χ4v) is 0.571. The lowest BCUT2D eigenvalue weighted by molar-refractivity contribution is 0.956. The fraction of sp³-hybridized carbons (Fsp3) is 0.250. The molecule has 0 bridgehead atoms. The minimum Gasteiger partial charge on any atom is -0.405 e. The summed E-state index contributed by atoms with van der Waals surface area (Å²) < 4.78 is 0. The van der Waals surface area contributed by atoms with Gasteiger partial charge in [0.1, 0.15) is 0 Å². The maximum absolute atomic E-state index is 5.20. The lowest BCUT2D eigenvalue weighted by Gasteiger charge is -1.99. The van der Waals surface area contributed by atoms with E-state index in [1.807, 2.05) is 19.1 Å². The van der Waals surface area contributed by atoms with Gasteiger partial charge in [0, 0.05) is 6.54 Å². The quantitative estimate of drug-likeness (QED) is 0.572. The Morgan fingerprint density at radius 3 is 2.80 bits per heavy atom. The number of rotatable bonds is 4. The molecule has 0 aliphatic rings. The third-order valence-corrected chi connectivity index (χ3v) is 1.13. The molecule has 0 rings (SSSR count). The summed E-state index contributed by atoms with van der Waals surface area (Å²) in [5.41, 5.74) is 6.36. The van der Waals surface area contributed by atoms with Crippen LogP contribution in [0.15, 0.2) is 36.7 Å². The van der Waals surface area contributed by atoms with Crippen LogP contribution in [0.25, 0.3) is 0 Å². The van der Waals surface area contributed by atoms with Crippen LogP contribution in [0.3, 0.4) is 0 Å². The first kappa shape index (κ1) is 8.82. The summed E-state index contributed by atoms with van der Waals surface area (Å²) in [6.45, 7) is 6.29. The van der Waals surface area contributed by atoms with Crippen LogP contribution in [-0.2, 0) is 0 Å². The second-order valence-corrected chi connectivity index (χ2v) is 1.81. The largest absolute Gasteiger partial charge is 0.405 e. The van der Waals surface area contributed by atoms with Crippen LogP contribution >= 0.6 is 0 Å². The van der Waals surface area contributed by atoms with E-state index in [0.717, 1.165) is 12.1 Å². The van der Waals surface area contributed by atoms with Gasteiger partial charge in [-0.05, 0) is 31.0 Å². The van der Waals surface area contributed by atoms with Crippen molar-refractivity contribution in [2.24, 2.45) is 5.73 Å². The van der Waals surface area contributed by atoms with Crippen LogP contribution in [0.5, 0.6) is 0 Å². The smallest absolute Gasteiger partial charge is 0.0392 e. The van der Waals surface area contributed by atoms with E-state index in [-0.39, 0.29) is 0 Å². The molecule has 2 nitrogen and oxygen atoms in total. The SMILES string of the molecule is C=CNCC(/C=C\N)=C/C. The molecular formula is C8H14N2. The Hall–Kier alpha value is -1.18. The first-order chi connectivity index (χ1) is 4.85. The molecular weight excluding hydrogens is 124 g/mol. The van der Waals surface area contributed by atoms with Crippen molar-refractivity contribution >= 4 is 0 Å². The average molecular weight is 138 g/mol. The molecule has 0 aliphatic heterocycles. The van der Waals surface area contributed by atoms with Crippen LogP contribution in [0.2, 0.25) is 0 Å². The predicted molar refractivity (Wildman–Crippen MR) is 45.3 cm³/mol. The maximum atomic E-state index is 5.20. The molecule has 0 radical (unpaired) electrons. The summed E-state index contributed by atoms with van der Waals surface area (Å²) in [7, 11) is 0. The zero-order valence-corrected chi connectivity index (χ0v) is 6.30. The maximum Gasteiger partial charge on any atom is 0.0392 e. The van der Waals surface area contributed by atoms with Gasteiger partial charge in [0.2, 0.25) is 0 Å². The Balaban J connectivity index is 3.73. The third-order valence-electron chi connectivity index (χ3n) is 1.13. The van der Waals surface area contributed by atoms with Gasteiger partial charge in [0.25, 0.3) is 0 Å². The van der Waals surface area contributed by atoms with E-state index >= 15 is 0 Å². The molecule has 56 valence electrons. The van der Waals surface area contributed by atoms with E-state index in [0.29, 0.717) is 0 Å². The number of nitrogens with two attached hydrogens (primary N) is 1. The second kappa shape index (κ2) is 5.95. The summed E-state index contributed by atoms with van der Waals surface area (Å²) in [5, 5.41) is 2.97. The van der Waals surface area contributed by atoms with Gasteiger partial charge in [-0.15, -0.1) is 0 Å². The van der Waals surface area contributed by atoms with Crippen molar-refractivity contribution in [1.29, 1.82) is 0 Å². The molecule has 0 saturated heterocycles. The van der Waals surface area contributed by atoms with Gasteiger partial charge in [0.05, 0.1) is 0 Å². The molecule has 0 amide bonds.